The topological polar surface area (TPSA) is 138 Å². The monoisotopic (exact) mass is 534 g/mol. The van der Waals surface area contributed by atoms with Crippen LogP contribution in [-0.4, -0.2) is 48.4 Å². The van der Waals surface area contributed by atoms with E-state index >= 15 is 0 Å². The van der Waals surface area contributed by atoms with Crippen molar-refractivity contribution < 1.29 is 22.4 Å². The largest absolute Gasteiger partial charge is 0.459 e. The summed E-state index contributed by atoms with van der Waals surface area (Å²) in [6.07, 6.45) is 4.79. The Balaban J connectivity index is 1.39. The van der Waals surface area contributed by atoms with Crippen LogP contribution in [0.4, 0.5) is 0 Å². The number of benzene rings is 2. The average molecular weight is 535 g/mol. The molecule has 0 saturated carbocycles. The number of primary amides is 1. The SMILES string of the molecule is CCS(=O)(=O)N1CCC(c2c[nH]c3c(C(N)=O)cc(-c4ccc(CNC(=O)c5ccco5)cc4)cc23)CC1. The van der Waals surface area contributed by atoms with Gasteiger partial charge in [-0.05, 0) is 72.2 Å². The van der Waals surface area contributed by atoms with Gasteiger partial charge >= 0.3 is 0 Å². The number of nitrogens with two attached hydrogens (primary N) is 1. The first-order chi connectivity index (χ1) is 18.3. The molecule has 2 aromatic heterocycles. The molecule has 198 valence electrons. The molecule has 0 aliphatic carbocycles. The van der Waals surface area contributed by atoms with Gasteiger partial charge in [0.05, 0.1) is 23.1 Å². The molecule has 2 amide bonds. The van der Waals surface area contributed by atoms with E-state index in [4.69, 9.17) is 10.2 Å². The summed E-state index contributed by atoms with van der Waals surface area (Å²) >= 11 is 0. The molecule has 2 aromatic carbocycles. The summed E-state index contributed by atoms with van der Waals surface area (Å²) in [4.78, 5) is 27.7. The predicted octanol–water partition coefficient (Wildman–Crippen LogP) is 3.99. The van der Waals surface area contributed by atoms with Crippen LogP contribution in [0.2, 0.25) is 0 Å². The second-order valence-corrected chi connectivity index (χ2v) is 11.7. The lowest BCUT2D eigenvalue weighted by Crippen LogP contribution is -2.38. The quantitative estimate of drug-likeness (QED) is 0.314. The highest BCUT2D eigenvalue weighted by atomic mass is 32.2. The second kappa shape index (κ2) is 10.5. The van der Waals surface area contributed by atoms with E-state index in [1.165, 1.54) is 6.26 Å². The van der Waals surface area contributed by atoms with Gasteiger partial charge in [-0.2, -0.15) is 0 Å². The Kier molecular flexibility index (Phi) is 7.09. The Labute approximate surface area is 221 Å². The number of sulfonamides is 1. The Hall–Kier alpha value is -3.89. The number of fused-ring (bicyclic) bond motifs is 1. The van der Waals surface area contributed by atoms with Crippen molar-refractivity contribution in [1.82, 2.24) is 14.6 Å². The van der Waals surface area contributed by atoms with Crippen LogP contribution in [-0.2, 0) is 16.6 Å². The minimum absolute atomic E-state index is 0.102. The molecule has 9 nitrogen and oxygen atoms in total. The van der Waals surface area contributed by atoms with Crippen LogP contribution in [0.3, 0.4) is 0 Å². The Morgan fingerprint density at radius 2 is 1.84 bits per heavy atom. The maximum Gasteiger partial charge on any atom is 0.287 e. The van der Waals surface area contributed by atoms with Crippen molar-refractivity contribution in [3.05, 3.63) is 83.4 Å². The van der Waals surface area contributed by atoms with Crippen LogP contribution in [0.25, 0.3) is 22.0 Å². The van der Waals surface area contributed by atoms with Gasteiger partial charge in [0.2, 0.25) is 10.0 Å². The first kappa shape index (κ1) is 25.7. The first-order valence-electron chi connectivity index (χ1n) is 12.6. The fraction of sp³-hybridized carbons (Fsp3) is 0.286. The fourth-order valence-electron chi connectivity index (χ4n) is 5.07. The number of furan rings is 1. The number of aromatic nitrogens is 1. The lowest BCUT2D eigenvalue weighted by Gasteiger charge is -2.31. The van der Waals surface area contributed by atoms with Crippen LogP contribution < -0.4 is 11.1 Å². The van der Waals surface area contributed by atoms with E-state index in [-0.39, 0.29) is 23.3 Å². The predicted molar refractivity (Wildman–Crippen MR) is 145 cm³/mol. The number of hydrogen-bond acceptors (Lipinski definition) is 5. The van der Waals surface area contributed by atoms with Crippen LogP contribution in [0.1, 0.15) is 57.7 Å². The zero-order chi connectivity index (χ0) is 26.9. The van der Waals surface area contributed by atoms with Crippen molar-refractivity contribution in [3.8, 4) is 11.1 Å². The number of amides is 2. The van der Waals surface area contributed by atoms with Crippen LogP contribution in [0.5, 0.6) is 0 Å². The number of piperidine rings is 1. The lowest BCUT2D eigenvalue weighted by atomic mass is 9.88. The van der Waals surface area contributed by atoms with Gasteiger partial charge in [-0.25, -0.2) is 12.7 Å². The molecule has 4 N–H and O–H groups in total. The van der Waals surface area contributed by atoms with Crippen molar-refractivity contribution in [2.24, 2.45) is 5.73 Å². The number of aromatic amines is 1. The van der Waals surface area contributed by atoms with Crippen molar-refractivity contribution >= 4 is 32.7 Å². The van der Waals surface area contributed by atoms with Crippen molar-refractivity contribution in [1.29, 1.82) is 0 Å². The van der Waals surface area contributed by atoms with Crippen LogP contribution in [0, 0.1) is 0 Å². The lowest BCUT2D eigenvalue weighted by molar-refractivity contribution is 0.0922. The maximum absolute atomic E-state index is 12.4. The first-order valence-corrected chi connectivity index (χ1v) is 14.2. The molecule has 0 unspecified atom stereocenters. The van der Waals surface area contributed by atoms with E-state index in [9.17, 15) is 18.0 Å². The zero-order valence-electron chi connectivity index (χ0n) is 21.1. The van der Waals surface area contributed by atoms with E-state index in [0.717, 1.165) is 27.6 Å². The van der Waals surface area contributed by atoms with Gasteiger partial charge in [-0.15, -0.1) is 0 Å². The van der Waals surface area contributed by atoms with Gasteiger partial charge in [0, 0.05) is 31.2 Å². The minimum atomic E-state index is -3.20. The highest BCUT2D eigenvalue weighted by Crippen LogP contribution is 2.37. The third-order valence-electron chi connectivity index (χ3n) is 7.22. The van der Waals surface area contributed by atoms with Crippen molar-refractivity contribution in [2.75, 3.05) is 18.8 Å². The molecule has 0 radical (unpaired) electrons. The Bertz CT molecular complexity index is 1570. The number of carbonyl (C=O) groups is 2. The minimum Gasteiger partial charge on any atom is -0.459 e. The summed E-state index contributed by atoms with van der Waals surface area (Å²) in [5.74, 6) is -0.275. The van der Waals surface area contributed by atoms with E-state index in [0.29, 0.717) is 43.6 Å². The van der Waals surface area contributed by atoms with Crippen LogP contribution in [0.15, 0.2) is 65.4 Å². The van der Waals surface area contributed by atoms with Gasteiger partial charge in [0.25, 0.3) is 11.8 Å². The maximum atomic E-state index is 12.4. The summed E-state index contributed by atoms with van der Waals surface area (Å²) in [5, 5.41) is 3.75. The van der Waals surface area contributed by atoms with E-state index in [1.54, 1.807) is 29.4 Å². The number of nitrogens with zero attached hydrogens (tertiary/aromatic N) is 1. The molecule has 1 saturated heterocycles. The molecule has 10 heteroatoms. The number of H-pyrrole nitrogens is 1. The van der Waals surface area contributed by atoms with Crippen molar-refractivity contribution in [3.63, 3.8) is 0 Å². The van der Waals surface area contributed by atoms with Gasteiger partial charge in [0.15, 0.2) is 5.76 Å². The highest BCUT2D eigenvalue weighted by molar-refractivity contribution is 7.89. The summed E-state index contributed by atoms with van der Waals surface area (Å²) in [7, 11) is -3.20. The molecule has 1 aliphatic rings. The van der Waals surface area contributed by atoms with Crippen LogP contribution >= 0.6 is 0 Å². The third-order valence-corrected chi connectivity index (χ3v) is 9.11. The normalized spacial score (nSPS) is 15.1. The van der Waals surface area contributed by atoms with Gasteiger partial charge in [0.1, 0.15) is 0 Å². The molecule has 5 rings (SSSR count). The summed E-state index contributed by atoms with van der Waals surface area (Å²) in [5.41, 5.74) is 10.6. The van der Waals surface area contributed by atoms with E-state index in [1.807, 2.05) is 30.5 Å². The van der Waals surface area contributed by atoms with Gasteiger partial charge < -0.3 is 20.5 Å². The molecule has 0 spiro atoms. The summed E-state index contributed by atoms with van der Waals surface area (Å²) in [6, 6.07) is 14.8. The van der Waals surface area contributed by atoms with E-state index in [2.05, 4.69) is 16.4 Å². The summed E-state index contributed by atoms with van der Waals surface area (Å²) < 4.78 is 31.2. The number of rotatable bonds is 8. The zero-order valence-corrected chi connectivity index (χ0v) is 21.9. The number of nitrogens with one attached hydrogen (secondary N) is 2. The van der Waals surface area contributed by atoms with E-state index < -0.39 is 15.9 Å². The number of carbonyl (C=O) groups excluding carboxylic acids is 2. The van der Waals surface area contributed by atoms with Crippen molar-refractivity contribution in [2.45, 2.75) is 32.2 Å². The molecule has 1 fully saturated rings. The third kappa shape index (κ3) is 5.09. The standard InChI is InChI=1S/C28H30N4O5S/c1-2-38(35,36)32-11-9-20(10-12-32)24-17-30-26-22(24)14-21(15-23(26)27(29)33)19-7-5-18(6-8-19)16-31-28(34)25-4-3-13-37-25/h3-8,13-15,17,20,30H,2,9-12,16H2,1H3,(H2,29,33)(H,31,34). The molecule has 1 aliphatic heterocycles. The molecule has 3 heterocycles. The summed E-state index contributed by atoms with van der Waals surface area (Å²) in [6.45, 7) is 2.97. The average Bonchev–Trinajstić information content (AvgIpc) is 3.62. The Morgan fingerprint density at radius 1 is 1.11 bits per heavy atom. The molecular weight excluding hydrogens is 504 g/mol. The van der Waals surface area contributed by atoms with Gasteiger partial charge in [-0.1, -0.05) is 24.3 Å². The molecule has 0 atom stereocenters. The number of hydrogen-bond donors (Lipinski definition) is 3. The smallest absolute Gasteiger partial charge is 0.287 e. The molecule has 38 heavy (non-hydrogen) atoms. The Morgan fingerprint density at radius 3 is 2.47 bits per heavy atom. The molecular formula is C28H30N4O5S. The fourth-order valence-corrected chi connectivity index (χ4v) is 6.20. The molecule has 4 aromatic rings. The second-order valence-electron chi connectivity index (χ2n) is 9.49. The molecule has 0 bridgehead atoms. The highest BCUT2D eigenvalue weighted by Gasteiger charge is 2.29. The van der Waals surface area contributed by atoms with Gasteiger partial charge in [-0.3, -0.25) is 9.59 Å².